The van der Waals surface area contributed by atoms with Crippen molar-refractivity contribution in [2.24, 2.45) is 0 Å². The number of ether oxygens (including phenoxy) is 3. The third-order valence-electron chi connectivity index (χ3n) is 10.2. The topological polar surface area (TPSA) is 241 Å². The molecule has 57 heavy (non-hydrogen) atoms. The lowest BCUT2D eigenvalue weighted by Gasteiger charge is -2.26. The molecule has 0 amide bonds. The van der Waals surface area contributed by atoms with Crippen molar-refractivity contribution in [3.8, 4) is 12.1 Å². The first kappa shape index (κ1) is 46.2. The number of hydrogen-bond donors (Lipinski definition) is 4. The number of phosphoric ester groups is 1. The number of pyridine rings is 1. The van der Waals surface area contributed by atoms with Gasteiger partial charge in [-0.1, -0.05) is 103 Å². The first-order chi connectivity index (χ1) is 27.6. The van der Waals surface area contributed by atoms with Gasteiger partial charge in [0.25, 0.3) is 0 Å². The Labute approximate surface area is 335 Å². The van der Waals surface area contributed by atoms with Gasteiger partial charge in [-0.2, -0.15) is 15.6 Å². The molecule has 0 radical (unpaired) electrons. The van der Waals surface area contributed by atoms with Crippen molar-refractivity contribution in [2.45, 2.75) is 146 Å². The Morgan fingerprint density at radius 1 is 0.947 bits per heavy atom. The van der Waals surface area contributed by atoms with E-state index in [1.54, 1.807) is 30.5 Å². The molecule has 2 unspecified atom stereocenters. The van der Waals surface area contributed by atoms with Crippen LogP contribution in [0.25, 0.3) is 5.52 Å². The summed E-state index contributed by atoms with van der Waals surface area (Å²) in [5, 5.41) is 45.2. The molecule has 0 saturated carbocycles. The Morgan fingerprint density at radius 2 is 1.60 bits per heavy atom. The SMILES string of the molecule is CCCCCCCCCCCCCCCCCCOC[C@H](COP(=O)(O)OC[C@@]1(C#N)OC(c2ccc3c(N)ncnn23)[C@H](O)[C@@H]1O)OCc1cncc(C#N)c1. The number of aromatic nitrogens is 4. The zero-order valence-electron chi connectivity index (χ0n) is 33.1. The van der Waals surface area contributed by atoms with E-state index in [0.717, 1.165) is 19.3 Å². The minimum absolute atomic E-state index is 0.0252. The lowest BCUT2D eigenvalue weighted by molar-refractivity contribution is -0.0790. The first-order valence-corrected chi connectivity index (χ1v) is 21.8. The second-order valence-electron chi connectivity index (χ2n) is 14.7. The molecule has 0 aliphatic carbocycles. The molecule has 5 N–H and O–H groups in total. The fraction of sp³-hybridized carbons (Fsp3) is 0.675. The standard InChI is InChI=1S/C40H60N7O9P/c1-2-3-4-5-6-7-8-9-10-11-12-13-14-15-16-17-20-52-26-33(53-25-32-21-31(22-41)23-44-24-32)27-54-57(50,51)55-29-40(28-42)38(49)36(48)37(56-40)34-18-19-35-39(43)45-30-46-47(34)35/h18-19,21,23-24,30,33,36-38,48-49H,2-17,20,25-27,29H2,1H3,(H,50,51)(H2,43,45,46)/t33-,36+,37?,38+,40-/m1/s1. The second kappa shape index (κ2) is 24.4. The van der Waals surface area contributed by atoms with Gasteiger partial charge in [-0.15, -0.1) is 0 Å². The molecule has 3 aromatic rings. The third kappa shape index (κ3) is 14.7. The maximum atomic E-state index is 13.1. The van der Waals surface area contributed by atoms with Crippen LogP contribution in [0, 0.1) is 22.7 Å². The van der Waals surface area contributed by atoms with Crippen molar-refractivity contribution in [1.82, 2.24) is 19.6 Å². The summed E-state index contributed by atoms with van der Waals surface area (Å²) in [5.74, 6) is 0.165. The average Bonchev–Trinajstić information content (AvgIpc) is 3.76. The molecular formula is C40H60N7O9P. The number of rotatable bonds is 29. The van der Waals surface area contributed by atoms with Crippen LogP contribution >= 0.6 is 7.82 Å². The van der Waals surface area contributed by atoms with Crippen LogP contribution in [0.5, 0.6) is 0 Å². The van der Waals surface area contributed by atoms with Crippen molar-refractivity contribution in [1.29, 1.82) is 10.5 Å². The Hall–Kier alpha value is -3.54. The fourth-order valence-electron chi connectivity index (χ4n) is 6.82. The summed E-state index contributed by atoms with van der Waals surface area (Å²) in [6.45, 7) is 1.45. The van der Waals surface area contributed by atoms with E-state index in [9.17, 15) is 30.2 Å². The van der Waals surface area contributed by atoms with Gasteiger partial charge in [0, 0.05) is 19.0 Å². The Kier molecular flexibility index (Phi) is 19.8. The fourth-order valence-corrected chi connectivity index (χ4v) is 7.60. The molecule has 1 fully saturated rings. The van der Waals surface area contributed by atoms with Gasteiger partial charge in [-0.3, -0.25) is 14.0 Å². The maximum absolute atomic E-state index is 13.1. The minimum atomic E-state index is -4.87. The summed E-state index contributed by atoms with van der Waals surface area (Å²) >= 11 is 0. The number of fused-ring (bicyclic) bond motifs is 1. The van der Waals surface area contributed by atoms with Gasteiger partial charge in [0.05, 0.1) is 31.1 Å². The van der Waals surface area contributed by atoms with E-state index in [4.69, 9.17) is 29.0 Å². The van der Waals surface area contributed by atoms with Crippen molar-refractivity contribution >= 4 is 19.2 Å². The largest absolute Gasteiger partial charge is 0.472 e. The van der Waals surface area contributed by atoms with Gasteiger partial charge in [-0.25, -0.2) is 14.1 Å². The zero-order valence-corrected chi connectivity index (χ0v) is 34.0. The van der Waals surface area contributed by atoms with Gasteiger partial charge in [0.15, 0.2) is 5.82 Å². The Balaban J connectivity index is 1.19. The number of nitriles is 2. The number of aliphatic hydroxyl groups is 2. The predicted octanol–water partition coefficient (Wildman–Crippen LogP) is 6.63. The summed E-state index contributed by atoms with van der Waals surface area (Å²) < 4.78 is 42.5. The second-order valence-corrected chi connectivity index (χ2v) is 16.2. The molecule has 0 bridgehead atoms. The molecule has 0 aromatic carbocycles. The number of nitrogen functional groups attached to an aromatic ring is 1. The van der Waals surface area contributed by atoms with E-state index in [1.807, 2.05) is 6.07 Å². The van der Waals surface area contributed by atoms with Crippen LogP contribution in [0.1, 0.15) is 133 Å². The van der Waals surface area contributed by atoms with Crippen molar-refractivity contribution in [3.05, 3.63) is 53.7 Å². The van der Waals surface area contributed by atoms with E-state index < -0.39 is 51.1 Å². The van der Waals surface area contributed by atoms with E-state index in [1.165, 1.54) is 101 Å². The third-order valence-corrected chi connectivity index (χ3v) is 11.1. The molecule has 16 nitrogen and oxygen atoms in total. The molecule has 17 heteroatoms. The molecule has 6 atom stereocenters. The van der Waals surface area contributed by atoms with E-state index in [-0.39, 0.29) is 24.7 Å². The molecule has 1 saturated heterocycles. The van der Waals surface area contributed by atoms with E-state index in [0.29, 0.717) is 23.3 Å². The Morgan fingerprint density at radius 3 is 2.23 bits per heavy atom. The van der Waals surface area contributed by atoms with Gasteiger partial charge >= 0.3 is 7.82 Å². The molecule has 4 heterocycles. The highest BCUT2D eigenvalue weighted by atomic mass is 31.2. The van der Waals surface area contributed by atoms with Crippen molar-refractivity contribution < 1.29 is 42.9 Å². The molecular weight excluding hydrogens is 753 g/mol. The predicted molar refractivity (Wildman–Crippen MR) is 211 cm³/mol. The minimum Gasteiger partial charge on any atom is -0.387 e. The first-order valence-electron chi connectivity index (χ1n) is 20.3. The van der Waals surface area contributed by atoms with Crippen molar-refractivity contribution in [3.63, 3.8) is 0 Å². The monoisotopic (exact) mass is 813 g/mol. The number of unbranched alkanes of at least 4 members (excludes halogenated alkanes) is 15. The molecule has 1 aliphatic rings. The highest BCUT2D eigenvalue weighted by Gasteiger charge is 2.57. The number of anilines is 1. The molecule has 4 rings (SSSR count). The normalized spacial score (nSPS) is 21.0. The van der Waals surface area contributed by atoms with Crippen LogP contribution in [-0.2, 0) is 34.4 Å². The lowest BCUT2D eigenvalue weighted by Crippen LogP contribution is -2.45. The van der Waals surface area contributed by atoms with Gasteiger partial charge in [0.2, 0.25) is 5.60 Å². The molecule has 3 aromatic heterocycles. The lowest BCUT2D eigenvalue weighted by atomic mass is 9.96. The quantitative estimate of drug-likeness (QED) is 0.0425. The Bertz CT molecular complexity index is 1770. The highest BCUT2D eigenvalue weighted by molar-refractivity contribution is 7.47. The number of hydrogen-bond acceptors (Lipinski definition) is 14. The van der Waals surface area contributed by atoms with Crippen LogP contribution in [0.4, 0.5) is 5.82 Å². The molecule has 314 valence electrons. The molecule has 1 aliphatic heterocycles. The van der Waals surface area contributed by atoms with Gasteiger partial charge in [0.1, 0.15) is 55.0 Å². The van der Waals surface area contributed by atoms with Crippen LogP contribution in [-0.4, -0.2) is 85.0 Å². The average molecular weight is 814 g/mol. The summed E-state index contributed by atoms with van der Waals surface area (Å²) in [6.07, 6.45) is 18.9. The highest BCUT2D eigenvalue weighted by Crippen LogP contribution is 2.47. The van der Waals surface area contributed by atoms with Crippen LogP contribution in [0.2, 0.25) is 0 Å². The number of nitrogens with zero attached hydrogens (tertiary/aromatic N) is 6. The number of nitrogens with two attached hydrogens (primary N) is 1. The van der Waals surface area contributed by atoms with E-state index >= 15 is 0 Å². The smallest absolute Gasteiger partial charge is 0.387 e. The molecule has 0 spiro atoms. The summed E-state index contributed by atoms with van der Waals surface area (Å²) in [6, 6.07) is 8.57. The van der Waals surface area contributed by atoms with Crippen LogP contribution in [0.15, 0.2) is 36.9 Å². The van der Waals surface area contributed by atoms with E-state index in [2.05, 4.69) is 22.0 Å². The summed E-state index contributed by atoms with van der Waals surface area (Å²) in [7, 11) is -4.87. The van der Waals surface area contributed by atoms with Gasteiger partial charge < -0.3 is 35.1 Å². The van der Waals surface area contributed by atoms with Crippen LogP contribution < -0.4 is 5.73 Å². The summed E-state index contributed by atoms with van der Waals surface area (Å²) in [5.41, 5.74) is 5.32. The maximum Gasteiger partial charge on any atom is 0.472 e. The summed E-state index contributed by atoms with van der Waals surface area (Å²) in [4.78, 5) is 18.6. The number of phosphoric acid groups is 1. The number of aliphatic hydroxyl groups excluding tert-OH is 2. The van der Waals surface area contributed by atoms with Crippen LogP contribution in [0.3, 0.4) is 0 Å². The zero-order chi connectivity index (χ0) is 40.9. The van der Waals surface area contributed by atoms with Gasteiger partial charge in [-0.05, 0) is 30.2 Å². The van der Waals surface area contributed by atoms with Crippen molar-refractivity contribution in [2.75, 3.05) is 32.2 Å².